The number of rotatable bonds is 4. The zero-order chi connectivity index (χ0) is 20.2. The predicted octanol–water partition coefficient (Wildman–Crippen LogP) is 3.14. The van der Waals surface area contributed by atoms with Crippen LogP contribution in [0.4, 0.5) is 0 Å². The molecule has 4 N–H and O–H groups in total. The molecule has 2 fully saturated rings. The van der Waals surface area contributed by atoms with E-state index in [2.05, 4.69) is 72.9 Å². The first-order valence-corrected chi connectivity index (χ1v) is 10.1. The Balaban J connectivity index is 2.41. The zero-order valence-corrected chi connectivity index (χ0v) is 18.4. The Labute approximate surface area is 160 Å². The van der Waals surface area contributed by atoms with Crippen LogP contribution >= 0.6 is 0 Å². The Kier molecular flexibility index (Phi) is 5.69. The fraction of sp³-hybridized carbons (Fsp3) is 1.00. The summed E-state index contributed by atoms with van der Waals surface area (Å²) in [5.74, 6) is 0.482. The molecule has 5 nitrogen and oxygen atoms in total. The first-order chi connectivity index (χ1) is 11.5. The van der Waals surface area contributed by atoms with Gasteiger partial charge in [-0.1, -0.05) is 0 Å². The van der Waals surface area contributed by atoms with E-state index in [-0.39, 0.29) is 34.0 Å². The minimum absolute atomic E-state index is 0.0185. The maximum absolute atomic E-state index is 9.77. The molecule has 2 rings (SSSR count). The molecule has 154 valence electrons. The number of hydrogen-bond donors (Lipinski definition) is 4. The summed E-state index contributed by atoms with van der Waals surface area (Å²) in [5, 5.41) is 27.0. The van der Waals surface area contributed by atoms with Crippen molar-refractivity contribution in [2.24, 2.45) is 11.8 Å². The highest BCUT2D eigenvalue weighted by Gasteiger charge is 2.54. The Morgan fingerprint density at radius 1 is 0.731 bits per heavy atom. The van der Waals surface area contributed by atoms with Crippen LogP contribution in [0.3, 0.4) is 0 Å². The summed E-state index contributed by atoms with van der Waals surface area (Å²) < 4.78 is 5.95. The van der Waals surface area contributed by atoms with Gasteiger partial charge in [0.1, 0.15) is 0 Å². The van der Waals surface area contributed by atoms with Crippen molar-refractivity contribution < 1.29 is 14.9 Å². The molecular formula is C21H42N2O3. The van der Waals surface area contributed by atoms with Crippen molar-refractivity contribution in [2.75, 3.05) is 0 Å². The molecular weight excluding hydrogens is 328 g/mol. The van der Waals surface area contributed by atoms with E-state index in [0.717, 1.165) is 25.7 Å². The monoisotopic (exact) mass is 370 g/mol. The standard InChI is InChI=1S/C21H42N2O3/c1-17(2)10-14(11-18(3,4)22-17)21(9,26-16(24)25)15-12-19(5,6)23-20(7,8)13-15/h14-16,22-25H,10-13H2,1-9H3. The van der Waals surface area contributed by atoms with Gasteiger partial charge in [-0.15, -0.1) is 0 Å². The second kappa shape index (κ2) is 6.70. The van der Waals surface area contributed by atoms with Crippen molar-refractivity contribution in [3.05, 3.63) is 0 Å². The number of hydrogen-bond acceptors (Lipinski definition) is 5. The Hall–Kier alpha value is -0.200. The molecule has 0 unspecified atom stereocenters. The third kappa shape index (κ3) is 5.20. The van der Waals surface area contributed by atoms with E-state index in [1.165, 1.54) is 0 Å². The van der Waals surface area contributed by atoms with Gasteiger partial charge in [-0.2, -0.15) is 0 Å². The van der Waals surface area contributed by atoms with Gasteiger partial charge in [-0.05, 0) is 99.8 Å². The van der Waals surface area contributed by atoms with Crippen molar-refractivity contribution in [2.45, 2.75) is 122 Å². The lowest BCUT2D eigenvalue weighted by Crippen LogP contribution is -2.66. The lowest BCUT2D eigenvalue weighted by molar-refractivity contribution is -0.314. The number of aliphatic hydroxyl groups is 2. The second-order valence-corrected chi connectivity index (χ2v) is 11.6. The van der Waals surface area contributed by atoms with E-state index in [4.69, 9.17) is 4.74 Å². The first-order valence-electron chi connectivity index (χ1n) is 10.1. The van der Waals surface area contributed by atoms with Crippen molar-refractivity contribution >= 4 is 0 Å². The molecule has 0 aliphatic carbocycles. The number of nitrogens with one attached hydrogen (secondary N) is 2. The maximum Gasteiger partial charge on any atom is 0.267 e. The number of aliphatic hydroxyl groups excluding tert-OH is 1. The summed E-state index contributed by atoms with van der Waals surface area (Å²) in [4.78, 5) is 0. The van der Waals surface area contributed by atoms with Crippen LogP contribution in [0.2, 0.25) is 0 Å². The molecule has 0 atom stereocenters. The minimum atomic E-state index is -1.75. The normalized spacial score (nSPS) is 29.1. The van der Waals surface area contributed by atoms with Gasteiger partial charge in [0.25, 0.3) is 6.48 Å². The summed E-state index contributed by atoms with van der Waals surface area (Å²) >= 11 is 0. The molecule has 0 saturated carbocycles. The van der Waals surface area contributed by atoms with E-state index < -0.39 is 12.1 Å². The molecule has 2 saturated heterocycles. The Morgan fingerprint density at radius 3 is 1.23 bits per heavy atom. The Morgan fingerprint density at radius 2 is 1.00 bits per heavy atom. The fourth-order valence-electron chi connectivity index (χ4n) is 6.21. The van der Waals surface area contributed by atoms with E-state index in [1.54, 1.807) is 0 Å². The first kappa shape index (κ1) is 22.1. The van der Waals surface area contributed by atoms with Gasteiger partial charge in [0, 0.05) is 22.2 Å². The molecule has 0 spiro atoms. The number of ether oxygens (including phenoxy) is 1. The van der Waals surface area contributed by atoms with Crippen molar-refractivity contribution in [3.63, 3.8) is 0 Å². The third-order valence-electron chi connectivity index (χ3n) is 6.36. The lowest BCUT2D eigenvalue weighted by Gasteiger charge is -2.57. The Bertz CT molecular complexity index is 441. The molecule has 2 heterocycles. The SMILES string of the molecule is CC1(C)CC(C(C)(OC(O)O)C2CC(C)(C)NC(C)(C)C2)CC(C)(C)N1. The second-order valence-electron chi connectivity index (χ2n) is 11.6. The molecule has 0 bridgehead atoms. The van der Waals surface area contributed by atoms with Crippen LogP contribution in [0, 0.1) is 11.8 Å². The van der Waals surface area contributed by atoms with Gasteiger partial charge in [0.2, 0.25) is 0 Å². The average Bonchev–Trinajstić information content (AvgIpc) is 2.29. The van der Waals surface area contributed by atoms with Crippen molar-refractivity contribution in [1.29, 1.82) is 0 Å². The zero-order valence-electron chi connectivity index (χ0n) is 18.4. The van der Waals surface area contributed by atoms with Crippen LogP contribution < -0.4 is 10.6 Å². The maximum atomic E-state index is 9.77. The molecule has 0 radical (unpaired) electrons. The summed E-state index contributed by atoms with van der Waals surface area (Å²) in [6.07, 6.45) is 3.80. The quantitative estimate of drug-likeness (QED) is 0.572. The number of piperidine rings is 2. The summed E-state index contributed by atoms with van der Waals surface area (Å²) in [6.45, 7) is 18.2. The smallest absolute Gasteiger partial charge is 0.267 e. The molecule has 0 aromatic rings. The van der Waals surface area contributed by atoms with Gasteiger partial charge < -0.3 is 25.6 Å². The van der Waals surface area contributed by atoms with Crippen LogP contribution in [0.5, 0.6) is 0 Å². The summed E-state index contributed by atoms with van der Waals surface area (Å²) in [6, 6.07) is 0. The van der Waals surface area contributed by atoms with Gasteiger partial charge in [0.15, 0.2) is 0 Å². The van der Waals surface area contributed by atoms with Crippen molar-refractivity contribution in [3.8, 4) is 0 Å². The molecule has 26 heavy (non-hydrogen) atoms. The van der Waals surface area contributed by atoms with Gasteiger partial charge in [-0.3, -0.25) is 0 Å². The summed E-state index contributed by atoms with van der Waals surface area (Å²) in [7, 11) is 0. The van der Waals surface area contributed by atoms with Crippen LogP contribution in [-0.2, 0) is 4.74 Å². The van der Waals surface area contributed by atoms with E-state index in [9.17, 15) is 10.2 Å². The molecule has 0 aromatic carbocycles. The molecule has 0 amide bonds. The van der Waals surface area contributed by atoms with Gasteiger partial charge >= 0.3 is 0 Å². The molecule has 5 heteroatoms. The average molecular weight is 371 g/mol. The summed E-state index contributed by atoms with van der Waals surface area (Å²) in [5.41, 5.74) is -0.670. The third-order valence-corrected chi connectivity index (χ3v) is 6.36. The van der Waals surface area contributed by atoms with E-state index >= 15 is 0 Å². The molecule has 2 aliphatic heterocycles. The predicted molar refractivity (Wildman–Crippen MR) is 106 cm³/mol. The molecule has 0 aromatic heterocycles. The van der Waals surface area contributed by atoms with Crippen molar-refractivity contribution in [1.82, 2.24) is 10.6 Å². The topological polar surface area (TPSA) is 73.8 Å². The largest absolute Gasteiger partial charge is 0.346 e. The minimum Gasteiger partial charge on any atom is -0.346 e. The van der Waals surface area contributed by atoms with E-state index in [1.807, 2.05) is 0 Å². The lowest BCUT2D eigenvalue weighted by atomic mass is 9.60. The van der Waals surface area contributed by atoms with Crippen LogP contribution in [0.25, 0.3) is 0 Å². The van der Waals surface area contributed by atoms with Crippen LogP contribution in [0.1, 0.15) is 88.0 Å². The van der Waals surface area contributed by atoms with Gasteiger partial charge in [-0.25, -0.2) is 0 Å². The van der Waals surface area contributed by atoms with E-state index in [0.29, 0.717) is 0 Å². The fourth-order valence-corrected chi connectivity index (χ4v) is 6.21. The van der Waals surface area contributed by atoms with Crippen LogP contribution in [-0.4, -0.2) is 44.4 Å². The molecule has 2 aliphatic rings. The highest BCUT2D eigenvalue weighted by atomic mass is 16.7. The highest BCUT2D eigenvalue weighted by Crippen LogP contribution is 2.49. The highest BCUT2D eigenvalue weighted by molar-refractivity contribution is 5.08. The van der Waals surface area contributed by atoms with Crippen LogP contribution in [0.15, 0.2) is 0 Å². The van der Waals surface area contributed by atoms with Gasteiger partial charge in [0.05, 0.1) is 5.60 Å².